The van der Waals surface area contributed by atoms with Crippen LogP contribution in [-0.2, 0) is 30.8 Å². The number of amides is 1. The summed E-state index contributed by atoms with van der Waals surface area (Å²) in [6.07, 6.45) is 4.66. The van der Waals surface area contributed by atoms with Crippen LogP contribution < -0.4 is 5.32 Å². The van der Waals surface area contributed by atoms with Gasteiger partial charge in [-0.05, 0) is 37.8 Å². The second kappa shape index (κ2) is 8.30. The number of ether oxygens (including phenoxy) is 1. The Labute approximate surface area is 182 Å². The Balaban J connectivity index is 1.57. The fraction of sp³-hybridized carbons (Fsp3) is 0.458. The average Bonchev–Trinajstić information content (AvgIpc) is 3.36. The minimum absolute atomic E-state index is 0.0963. The number of nitrogens with zero attached hydrogens (tertiary/aromatic N) is 4. The molecule has 31 heavy (non-hydrogen) atoms. The van der Waals surface area contributed by atoms with Gasteiger partial charge < -0.3 is 15.0 Å². The molecule has 162 valence electrons. The highest BCUT2D eigenvalue weighted by molar-refractivity contribution is 5.98. The molecule has 0 radical (unpaired) electrons. The lowest BCUT2D eigenvalue weighted by atomic mass is 10.0. The van der Waals surface area contributed by atoms with Crippen molar-refractivity contribution in [2.24, 2.45) is 0 Å². The number of aryl methyl sites for hydroxylation is 2. The van der Waals surface area contributed by atoms with Crippen molar-refractivity contribution in [2.45, 2.75) is 58.8 Å². The summed E-state index contributed by atoms with van der Waals surface area (Å²) in [4.78, 5) is 20.0. The van der Waals surface area contributed by atoms with Gasteiger partial charge in [0.1, 0.15) is 0 Å². The van der Waals surface area contributed by atoms with Gasteiger partial charge in [-0.25, -0.2) is 9.67 Å². The molecule has 0 unspecified atom stereocenters. The lowest BCUT2D eigenvalue weighted by Gasteiger charge is -2.28. The minimum Gasteiger partial charge on any atom is -0.381 e. The van der Waals surface area contributed by atoms with Crippen molar-refractivity contribution in [3.05, 3.63) is 52.8 Å². The predicted octanol–water partition coefficient (Wildman–Crippen LogP) is 3.76. The monoisotopic (exact) mass is 419 g/mol. The zero-order chi connectivity index (χ0) is 21.4. The molecule has 1 aromatic carbocycles. The van der Waals surface area contributed by atoms with Crippen LogP contribution in [0.1, 0.15) is 53.9 Å². The first-order chi connectivity index (χ1) is 15.2. The molecule has 1 saturated heterocycles. The van der Waals surface area contributed by atoms with E-state index in [4.69, 9.17) is 9.72 Å². The van der Waals surface area contributed by atoms with Gasteiger partial charge >= 0.3 is 0 Å². The number of pyridine rings is 1. The van der Waals surface area contributed by atoms with E-state index in [2.05, 4.69) is 24.3 Å². The van der Waals surface area contributed by atoms with Gasteiger partial charge in [0.25, 0.3) is 5.91 Å². The summed E-state index contributed by atoms with van der Waals surface area (Å²) in [5, 5.41) is 9.41. The topological polar surface area (TPSA) is 72.3 Å². The van der Waals surface area contributed by atoms with Gasteiger partial charge in [-0.15, -0.1) is 0 Å². The number of fused-ring (bicyclic) bond motifs is 2. The van der Waals surface area contributed by atoms with E-state index in [-0.39, 0.29) is 5.91 Å². The van der Waals surface area contributed by atoms with Crippen molar-refractivity contribution in [1.82, 2.24) is 19.7 Å². The molecule has 1 fully saturated rings. The molecule has 3 aromatic rings. The molecule has 0 aliphatic carbocycles. The minimum atomic E-state index is 0.0963. The molecule has 5 rings (SSSR count). The number of anilines is 1. The molecule has 0 atom stereocenters. The molecule has 2 aliphatic rings. The van der Waals surface area contributed by atoms with E-state index >= 15 is 0 Å². The Morgan fingerprint density at radius 3 is 2.74 bits per heavy atom. The zero-order valence-electron chi connectivity index (χ0n) is 18.2. The lowest BCUT2D eigenvalue weighted by Crippen LogP contribution is -2.30. The Hall–Kier alpha value is -2.93. The number of carbonyl (C=O) groups excluding carboxylic acids is 1. The second-order valence-electron chi connectivity index (χ2n) is 8.31. The average molecular weight is 420 g/mol. The van der Waals surface area contributed by atoms with E-state index in [0.29, 0.717) is 19.1 Å². The van der Waals surface area contributed by atoms with Crippen molar-refractivity contribution in [3.63, 3.8) is 0 Å². The molecule has 0 bridgehead atoms. The van der Waals surface area contributed by atoms with Crippen molar-refractivity contribution in [3.8, 4) is 0 Å². The molecule has 7 heteroatoms. The Bertz CT molecular complexity index is 1120. The first kappa shape index (κ1) is 20.0. The Morgan fingerprint density at radius 2 is 2.00 bits per heavy atom. The fourth-order valence-electron chi connectivity index (χ4n) is 4.71. The van der Waals surface area contributed by atoms with Crippen LogP contribution in [0.25, 0.3) is 11.0 Å². The third kappa shape index (κ3) is 3.57. The SMILES string of the molecule is CCc1nc2c(cnn2CC)c(NC2CCOCC2)c1CN1Cc2ccccc2C1=O. The van der Waals surface area contributed by atoms with Crippen LogP contribution in [-0.4, -0.2) is 44.8 Å². The van der Waals surface area contributed by atoms with Crippen molar-refractivity contribution >= 4 is 22.6 Å². The Morgan fingerprint density at radius 1 is 1.19 bits per heavy atom. The first-order valence-electron chi connectivity index (χ1n) is 11.3. The van der Waals surface area contributed by atoms with Gasteiger partial charge in [0.2, 0.25) is 0 Å². The van der Waals surface area contributed by atoms with Gasteiger partial charge in [0, 0.05) is 49.2 Å². The third-order valence-electron chi connectivity index (χ3n) is 6.42. The zero-order valence-corrected chi connectivity index (χ0v) is 18.2. The summed E-state index contributed by atoms with van der Waals surface area (Å²) < 4.78 is 7.51. The molecular formula is C24H29N5O2. The normalized spacial score (nSPS) is 16.8. The third-order valence-corrected chi connectivity index (χ3v) is 6.42. The van der Waals surface area contributed by atoms with Gasteiger partial charge in [-0.2, -0.15) is 5.10 Å². The number of hydrogen-bond donors (Lipinski definition) is 1. The first-order valence-corrected chi connectivity index (χ1v) is 11.3. The molecule has 2 aromatic heterocycles. The summed E-state index contributed by atoms with van der Waals surface area (Å²) >= 11 is 0. The molecule has 7 nitrogen and oxygen atoms in total. The number of rotatable bonds is 6. The van der Waals surface area contributed by atoms with Gasteiger partial charge in [0.15, 0.2) is 5.65 Å². The van der Waals surface area contributed by atoms with Crippen molar-refractivity contribution in [2.75, 3.05) is 18.5 Å². The molecule has 0 spiro atoms. The molecule has 4 heterocycles. The maximum atomic E-state index is 13.1. The fourth-order valence-corrected chi connectivity index (χ4v) is 4.71. The van der Waals surface area contributed by atoms with Crippen LogP contribution in [0.2, 0.25) is 0 Å². The van der Waals surface area contributed by atoms with E-state index < -0.39 is 0 Å². The van der Waals surface area contributed by atoms with Crippen molar-refractivity contribution < 1.29 is 9.53 Å². The summed E-state index contributed by atoms with van der Waals surface area (Å²) in [5.41, 5.74) is 6.04. The van der Waals surface area contributed by atoms with Crippen LogP contribution in [0.4, 0.5) is 5.69 Å². The lowest BCUT2D eigenvalue weighted by molar-refractivity contribution is 0.0766. The van der Waals surface area contributed by atoms with Crippen LogP contribution in [0.5, 0.6) is 0 Å². The number of aromatic nitrogens is 3. The van der Waals surface area contributed by atoms with E-state index in [1.807, 2.05) is 40.0 Å². The largest absolute Gasteiger partial charge is 0.381 e. The van der Waals surface area contributed by atoms with Crippen molar-refractivity contribution in [1.29, 1.82) is 0 Å². The predicted molar refractivity (Wildman–Crippen MR) is 120 cm³/mol. The quantitative estimate of drug-likeness (QED) is 0.659. The maximum Gasteiger partial charge on any atom is 0.254 e. The Kier molecular flexibility index (Phi) is 5.36. The highest BCUT2D eigenvalue weighted by Crippen LogP contribution is 2.34. The van der Waals surface area contributed by atoms with Gasteiger partial charge in [-0.1, -0.05) is 25.1 Å². The second-order valence-corrected chi connectivity index (χ2v) is 8.31. The number of hydrogen-bond acceptors (Lipinski definition) is 5. The maximum absolute atomic E-state index is 13.1. The van der Waals surface area contributed by atoms with Crippen LogP contribution >= 0.6 is 0 Å². The van der Waals surface area contributed by atoms with E-state index in [9.17, 15) is 4.79 Å². The number of nitrogens with one attached hydrogen (secondary N) is 1. The van der Waals surface area contributed by atoms with Crippen LogP contribution in [0.3, 0.4) is 0 Å². The molecular weight excluding hydrogens is 390 g/mol. The van der Waals surface area contributed by atoms with Crippen LogP contribution in [0.15, 0.2) is 30.5 Å². The standard InChI is InChI=1S/C24H29N5O2/c1-3-21-20(15-28-14-16-7-5-6-8-18(16)24(28)30)22(26-17-9-11-31-12-10-17)19-13-25-29(4-2)23(19)27-21/h5-8,13,17H,3-4,9-12,14-15H2,1-2H3,(H,26,27). The summed E-state index contributed by atoms with van der Waals surface area (Å²) in [6.45, 7) is 7.72. The van der Waals surface area contributed by atoms with E-state index in [1.165, 1.54) is 0 Å². The molecule has 1 N–H and O–H groups in total. The van der Waals surface area contributed by atoms with Gasteiger partial charge in [-0.3, -0.25) is 4.79 Å². The van der Waals surface area contributed by atoms with E-state index in [0.717, 1.165) is 78.1 Å². The number of benzene rings is 1. The summed E-state index contributed by atoms with van der Waals surface area (Å²) in [7, 11) is 0. The highest BCUT2D eigenvalue weighted by Gasteiger charge is 2.29. The number of carbonyl (C=O) groups is 1. The molecule has 2 aliphatic heterocycles. The van der Waals surface area contributed by atoms with Crippen LogP contribution in [0, 0.1) is 0 Å². The smallest absolute Gasteiger partial charge is 0.254 e. The molecule has 0 saturated carbocycles. The molecule has 1 amide bonds. The summed E-state index contributed by atoms with van der Waals surface area (Å²) in [6, 6.07) is 8.24. The van der Waals surface area contributed by atoms with E-state index in [1.54, 1.807) is 0 Å². The summed E-state index contributed by atoms with van der Waals surface area (Å²) in [5.74, 6) is 0.0963. The van der Waals surface area contributed by atoms with Gasteiger partial charge in [0.05, 0.1) is 23.8 Å². The highest BCUT2D eigenvalue weighted by atomic mass is 16.5.